The minimum Gasteiger partial charge on any atom is -0.340 e. The molecule has 0 atom stereocenters. The standard InChI is InChI=1S/C19H13F4N3O/c20-13-4-3-5-14(11-13)25-17-10-12(8-9-24-17)18(27)26-16-7-2-1-6-15(16)19(21,22)23/h1-11H,(H,24,25)(H,26,27). The lowest BCUT2D eigenvalue weighted by Gasteiger charge is -2.14. The molecule has 0 aliphatic carbocycles. The molecule has 0 spiro atoms. The van der Waals surface area contributed by atoms with Crippen LogP contribution in [-0.2, 0) is 6.18 Å². The molecule has 3 aromatic rings. The summed E-state index contributed by atoms with van der Waals surface area (Å²) >= 11 is 0. The van der Waals surface area contributed by atoms with E-state index in [2.05, 4.69) is 15.6 Å². The molecular weight excluding hydrogens is 362 g/mol. The summed E-state index contributed by atoms with van der Waals surface area (Å²) in [5.74, 6) is -0.925. The number of halogens is 4. The Bertz CT molecular complexity index is 973. The molecule has 138 valence electrons. The van der Waals surface area contributed by atoms with E-state index < -0.39 is 23.5 Å². The zero-order valence-corrected chi connectivity index (χ0v) is 13.7. The molecule has 0 aliphatic heterocycles. The zero-order chi connectivity index (χ0) is 19.4. The summed E-state index contributed by atoms with van der Waals surface area (Å²) in [7, 11) is 0. The van der Waals surface area contributed by atoms with Crippen LogP contribution in [0.25, 0.3) is 0 Å². The van der Waals surface area contributed by atoms with Crippen LogP contribution in [-0.4, -0.2) is 10.9 Å². The normalized spacial score (nSPS) is 11.1. The van der Waals surface area contributed by atoms with Gasteiger partial charge in [0.1, 0.15) is 11.6 Å². The third kappa shape index (κ3) is 4.60. The Morgan fingerprint density at radius 1 is 0.963 bits per heavy atom. The van der Waals surface area contributed by atoms with Crippen molar-refractivity contribution in [1.82, 2.24) is 4.98 Å². The number of anilines is 3. The number of rotatable bonds is 4. The van der Waals surface area contributed by atoms with Gasteiger partial charge in [0.05, 0.1) is 11.3 Å². The van der Waals surface area contributed by atoms with Crippen LogP contribution < -0.4 is 10.6 Å². The average molecular weight is 375 g/mol. The number of carbonyl (C=O) groups excluding carboxylic acids is 1. The first-order chi connectivity index (χ1) is 12.8. The Morgan fingerprint density at radius 3 is 2.48 bits per heavy atom. The molecule has 2 aromatic carbocycles. The fraction of sp³-hybridized carbons (Fsp3) is 0.0526. The van der Waals surface area contributed by atoms with E-state index in [9.17, 15) is 22.4 Å². The lowest BCUT2D eigenvalue weighted by molar-refractivity contribution is -0.136. The monoisotopic (exact) mass is 375 g/mol. The zero-order valence-electron chi connectivity index (χ0n) is 13.7. The van der Waals surface area contributed by atoms with Crippen LogP contribution in [0.15, 0.2) is 66.9 Å². The maximum atomic E-state index is 13.2. The van der Waals surface area contributed by atoms with Crippen LogP contribution in [0.3, 0.4) is 0 Å². The Labute approximate surface area is 151 Å². The van der Waals surface area contributed by atoms with Crippen molar-refractivity contribution >= 4 is 23.1 Å². The van der Waals surface area contributed by atoms with Gasteiger partial charge in [-0.1, -0.05) is 18.2 Å². The summed E-state index contributed by atoms with van der Waals surface area (Å²) in [5.41, 5.74) is -0.764. The molecule has 1 amide bonds. The molecule has 0 radical (unpaired) electrons. The number of alkyl halides is 3. The Balaban J connectivity index is 1.81. The number of aromatic nitrogens is 1. The number of benzene rings is 2. The fourth-order valence-corrected chi connectivity index (χ4v) is 2.39. The van der Waals surface area contributed by atoms with Gasteiger partial charge in [-0.15, -0.1) is 0 Å². The molecule has 3 rings (SSSR count). The molecule has 0 saturated heterocycles. The summed E-state index contributed by atoms with van der Waals surface area (Å²) in [6.07, 6.45) is -3.27. The van der Waals surface area contributed by atoms with Crippen molar-refractivity contribution in [2.75, 3.05) is 10.6 Å². The summed E-state index contributed by atoms with van der Waals surface area (Å²) in [6, 6.07) is 13.1. The molecule has 0 saturated carbocycles. The van der Waals surface area contributed by atoms with Crippen molar-refractivity contribution in [2.45, 2.75) is 6.18 Å². The minimum absolute atomic E-state index is 0.0980. The Morgan fingerprint density at radius 2 is 1.74 bits per heavy atom. The van der Waals surface area contributed by atoms with Crippen molar-refractivity contribution in [3.8, 4) is 0 Å². The van der Waals surface area contributed by atoms with Crippen molar-refractivity contribution in [3.63, 3.8) is 0 Å². The summed E-state index contributed by atoms with van der Waals surface area (Å²) in [6.45, 7) is 0. The predicted octanol–water partition coefficient (Wildman–Crippen LogP) is 5.24. The second-order valence-electron chi connectivity index (χ2n) is 5.56. The van der Waals surface area contributed by atoms with E-state index in [1.165, 1.54) is 54.7 Å². The SMILES string of the molecule is O=C(Nc1ccccc1C(F)(F)F)c1ccnc(Nc2cccc(F)c2)c1. The van der Waals surface area contributed by atoms with Crippen LogP contribution in [0, 0.1) is 5.82 Å². The smallest absolute Gasteiger partial charge is 0.340 e. The van der Waals surface area contributed by atoms with Crippen molar-refractivity contribution in [3.05, 3.63) is 83.8 Å². The van der Waals surface area contributed by atoms with Crippen LogP contribution in [0.5, 0.6) is 0 Å². The Hall–Kier alpha value is -3.42. The number of hydrogen-bond acceptors (Lipinski definition) is 3. The summed E-state index contributed by atoms with van der Waals surface area (Å²) in [5, 5.41) is 5.09. The number of pyridine rings is 1. The third-order valence-corrected chi connectivity index (χ3v) is 3.60. The molecular formula is C19H13F4N3O. The second-order valence-corrected chi connectivity index (χ2v) is 5.56. The minimum atomic E-state index is -4.59. The molecule has 27 heavy (non-hydrogen) atoms. The van der Waals surface area contributed by atoms with E-state index in [4.69, 9.17) is 0 Å². The molecule has 4 nitrogen and oxygen atoms in total. The molecule has 0 unspecified atom stereocenters. The van der Waals surface area contributed by atoms with Gasteiger partial charge in [0.2, 0.25) is 0 Å². The average Bonchev–Trinajstić information content (AvgIpc) is 2.61. The highest BCUT2D eigenvalue weighted by Gasteiger charge is 2.33. The van der Waals surface area contributed by atoms with Crippen LogP contribution in [0.2, 0.25) is 0 Å². The third-order valence-electron chi connectivity index (χ3n) is 3.60. The highest BCUT2D eigenvalue weighted by Crippen LogP contribution is 2.34. The van der Waals surface area contributed by atoms with E-state index in [0.717, 1.165) is 6.07 Å². The summed E-state index contributed by atoms with van der Waals surface area (Å²) in [4.78, 5) is 16.4. The molecule has 1 aromatic heterocycles. The van der Waals surface area contributed by atoms with Gasteiger partial charge in [-0.3, -0.25) is 4.79 Å². The second kappa shape index (κ2) is 7.45. The maximum Gasteiger partial charge on any atom is 0.418 e. The molecule has 8 heteroatoms. The van der Waals surface area contributed by atoms with Crippen molar-refractivity contribution in [1.29, 1.82) is 0 Å². The largest absolute Gasteiger partial charge is 0.418 e. The number of nitrogens with zero attached hydrogens (tertiary/aromatic N) is 1. The van der Waals surface area contributed by atoms with Gasteiger partial charge >= 0.3 is 6.18 Å². The number of amides is 1. The Kier molecular flexibility index (Phi) is 5.07. The fourth-order valence-electron chi connectivity index (χ4n) is 2.39. The van der Waals surface area contributed by atoms with Gasteiger partial charge in [-0.25, -0.2) is 9.37 Å². The molecule has 2 N–H and O–H groups in total. The lowest BCUT2D eigenvalue weighted by atomic mass is 10.1. The first kappa shape index (κ1) is 18.4. The van der Waals surface area contributed by atoms with Gasteiger partial charge in [-0.2, -0.15) is 13.2 Å². The molecule has 1 heterocycles. The van der Waals surface area contributed by atoms with Crippen LogP contribution in [0.1, 0.15) is 15.9 Å². The van der Waals surface area contributed by atoms with Gasteiger partial charge in [-0.05, 0) is 42.5 Å². The van der Waals surface area contributed by atoms with Crippen LogP contribution in [0.4, 0.5) is 34.8 Å². The van der Waals surface area contributed by atoms with E-state index in [-0.39, 0.29) is 17.1 Å². The molecule has 0 fully saturated rings. The van der Waals surface area contributed by atoms with E-state index >= 15 is 0 Å². The topological polar surface area (TPSA) is 54.0 Å². The first-order valence-electron chi connectivity index (χ1n) is 7.79. The quantitative estimate of drug-likeness (QED) is 0.614. The lowest BCUT2D eigenvalue weighted by Crippen LogP contribution is -2.16. The first-order valence-corrected chi connectivity index (χ1v) is 7.79. The van der Waals surface area contributed by atoms with E-state index in [0.29, 0.717) is 5.69 Å². The van der Waals surface area contributed by atoms with Crippen LogP contribution >= 0.6 is 0 Å². The van der Waals surface area contributed by atoms with Gasteiger partial charge < -0.3 is 10.6 Å². The number of carbonyl (C=O) groups is 1. The van der Waals surface area contributed by atoms with E-state index in [1.54, 1.807) is 6.07 Å². The molecule has 0 aliphatic rings. The van der Waals surface area contributed by atoms with Gasteiger partial charge in [0, 0.05) is 17.4 Å². The number of hydrogen-bond donors (Lipinski definition) is 2. The highest BCUT2D eigenvalue weighted by atomic mass is 19.4. The van der Waals surface area contributed by atoms with Gasteiger partial charge in [0.15, 0.2) is 0 Å². The molecule has 0 bridgehead atoms. The predicted molar refractivity (Wildman–Crippen MR) is 93.3 cm³/mol. The van der Waals surface area contributed by atoms with E-state index in [1.807, 2.05) is 0 Å². The van der Waals surface area contributed by atoms with Crippen molar-refractivity contribution < 1.29 is 22.4 Å². The maximum absolute atomic E-state index is 13.2. The number of para-hydroxylation sites is 1. The highest BCUT2D eigenvalue weighted by molar-refractivity contribution is 6.05. The summed E-state index contributed by atoms with van der Waals surface area (Å²) < 4.78 is 52.4. The van der Waals surface area contributed by atoms with Crippen molar-refractivity contribution in [2.24, 2.45) is 0 Å². The number of nitrogens with one attached hydrogen (secondary N) is 2. The van der Waals surface area contributed by atoms with Gasteiger partial charge in [0.25, 0.3) is 5.91 Å².